The second-order valence-corrected chi connectivity index (χ2v) is 2.94. The maximum Gasteiger partial charge on any atom is 0.339 e. The van der Waals surface area contributed by atoms with E-state index < -0.39 is 5.97 Å². The number of nitrogens with zero attached hydrogens (tertiary/aromatic N) is 3. The van der Waals surface area contributed by atoms with Gasteiger partial charge in [0.05, 0.1) is 18.2 Å². The van der Waals surface area contributed by atoms with E-state index in [0.29, 0.717) is 16.8 Å². The van der Waals surface area contributed by atoms with Crippen LogP contribution in [0.2, 0.25) is 0 Å². The van der Waals surface area contributed by atoms with Crippen LogP contribution in [0.4, 0.5) is 0 Å². The van der Waals surface area contributed by atoms with E-state index in [1.54, 1.807) is 22.9 Å². The van der Waals surface area contributed by atoms with Crippen LogP contribution in [-0.2, 0) is 4.74 Å². The summed E-state index contributed by atoms with van der Waals surface area (Å²) in [4.78, 5) is 15.2. The smallest absolute Gasteiger partial charge is 0.339 e. The normalized spacial score (nSPS) is 9.87. The van der Waals surface area contributed by atoms with Crippen LogP contribution in [0.25, 0.3) is 5.65 Å². The molecule has 0 radical (unpaired) electrons. The zero-order chi connectivity index (χ0) is 10.8. The number of esters is 1. The Balaban J connectivity index is 2.57. The first-order valence-electron chi connectivity index (χ1n) is 4.21. The summed E-state index contributed by atoms with van der Waals surface area (Å²) in [6, 6.07) is 3.58. The van der Waals surface area contributed by atoms with Crippen molar-refractivity contribution in [3.05, 3.63) is 35.8 Å². The monoisotopic (exact) mass is 201 g/mol. The van der Waals surface area contributed by atoms with Crippen molar-refractivity contribution in [1.29, 1.82) is 5.26 Å². The average Bonchev–Trinajstić information content (AvgIpc) is 2.70. The number of carbonyl (C=O) groups is 1. The summed E-state index contributed by atoms with van der Waals surface area (Å²) in [5.41, 5.74) is 1.46. The Labute approximate surface area is 85.5 Å². The molecule has 0 saturated carbocycles. The summed E-state index contributed by atoms with van der Waals surface area (Å²) in [5, 5.41) is 8.66. The Bertz CT molecular complexity index is 566. The highest BCUT2D eigenvalue weighted by atomic mass is 16.5. The SMILES string of the molecule is COC(=O)c1cc2ncc(C#N)cn2c1. The number of fused-ring (bicyclic) bond motifs is 1. The van der Waals surface area contributed by atoms with Crippen LogP contribution in [0.15, 0.2) is 24.7 Å². The molecular weight excluding hydrogens is 194 g/mol. The van der Waals surface area contributed by atoms with E-state index in [1.807, 2.05) is 6.07 Å². The fourth-order valence-corrected chi connectivity index (χ4v) is 1.28. The van der Waals surface area contributed by atoms with E-state index >= 15 is 0 Å². The highest BCUT2D eigenvalue weighted by Crippen LogP contribution is 2.09. The summed E-state index contributed by atoms with van der Waals surface area (Å²) < 4.78 is 6.19. The van der Waals surface area contributed by atoms with Crippen molar-refractivity contribution in [2.24, 2.45) is 0 Å². The molecule has 2 rings (SSSR count). The number of aromatic nitrogens is 2. The molecule has 0 unspecified atom stereocenters. The lowest BCUT2D eigenvalue weighted by molar-refractivity contribution is 0.0601. The molecule has 0 saturated heterocycles. The van der Waals surface area contributed by atoms with Gasteiger partial charge >= 0.3 is 5.97 Å². The number of nitriles is 1. The third-order valence-electron chi connectivity index (χ3n) is 1.99. The molecule has 0 amide bonds. The van der Waals surface area contributed by atoms with Gasteiger partial charge in [-0.15, -0.1) is 0 Å². The summed E-state index contributed by atoms with van der Waals surface area (Å²) in [7, 11) is 1.32. The first-order valence-corrected chi connectivity index (χ1v) is 4.21. The van der Waals surface area contributed by atoms with Crippen molar-refractivity contribution in [1.82, 2.24) is 9.38 Å². The molecule has 0 aliphatic heterocycles. The van der Waals surface area contributed by atoms with Crippen LogP contribution in [0, 0.1) is 11.3 Å². The third-order valence-corrected chi connectivity index (χ3v) is 1.99. The van der Waals surface area contributed by atoms with Gasteiger partial charge in [0, 0.05) is 18.6 Å². The lowest BCUT2D eigenvalue weighted by Gasteiger charge is -1.92. The minimum Gasteiger partial charge on any atom is -0.465 e. The Kier molecular flexibility index (Phi) is 2.10. The summed E-state index contributed by atoms with van der Waals surface area (Å²) in [5.74, 6) is -0.418. The van der Waals surface area contributed by atoms with Crippen LogP contribution in [0.3, 0.4) is 0 Å². The third kappa shape index (κ3) is 1.53. The lowest BCUT2D eigenvalue weighted by Crippen LogP contribution is -1.98. The van der Waals surface area contributed by atoms with Crippen LogP contribution < -0.4 is 0 Å². The second kappa shape index (κ2) is 3.42. The maximum absolute atomic E-state index is 11.2. The van der Waals surface area contributed by atoms with Gasteiger partial charge in [-0.05, 0) is 6.07 Å². The summed E-state index contributed by atoms with van der Waals surface area (Å²) in [6.45, 7) is 0. The molecule has 0 fully saturated rings. The van der Waals surface area contributed by atoms with Gasteiger partial charge in [-0.25, -0.2) is 9.78 Å². The minimum atomic E-state index is -0.418. The van der Waals surface area contributed by atoms with Gasteiger partial charge in [0.1, 0.15) is 11.7 Å². The Morgan fingerprint density at radius 3 is 3.07 bits per heavy atom. The first kappa shape index (κ1) is 9.21. The molecular formula is C10H7N3O2. The Morgan fingerprint density at radius 2 is 2.40 bits per heavy atom. The van der Waals surface area contributed by atoms with Crippen molar-refractivity contribution < 1.29 is 9.53 Å². The van der Waals surface area contributed by atoms with Crippen molar-refractivity contribution in [2.45, 2.75) is 0 Å². The van der Waals surface area contributed by atoms with E-state index in [2.05, 4.69) is 9.72 Å². The van der Waals surface area contributed by atoms with Gasteiger partial charge in [0.25, 0.3) is 0 Å². The molecule has 5 heteroatoms. The van der Waals surface area contributed by atoms with Crippen molar-refractivity contribution >= 4 is 11.6 Å². The zero-order valence-electron chi connectivity index (χ0n) is 7.97. The van der Waals surface area contributed by atoms with Gasteiger partial charge in [-0.3, -0.25) is 0 Å². The molecule has 0 atom stereocenters. The Hall–Kier alpha value is -2.35. The van der Waals surface area contributed by atoms with Crippen molar-refractivity contribution in [2.75, 3.05) is 7.11 Å². The minimum absolute atomic E-state index is 0.417. The first-order chi connectivity index (χ1) is 7.24. The molecule has 0 bridgehead atoms. The highest BCUT2D eigenvalue weighted by Gasteiger charge is 2.09. The molecule has 2 aromatic heterocycles. The van der Waals surface area contributed by atoms with E-state index in [0.717, 1.165) is 0 Å². The molecule has 0 spiro atoms. The topological polar surface area (TPSA) is 67.4 Å². The number of hydrogen-bond donors (Lipinski definition) is 0. The van der Waals surface area contributed by atoms with Crippen LogP contribution in [0.1, 0.15) is 15.9 Å². The second-order valence-electron chi connectivity index (χ2n) is 2.94. The fourth-order valence-electron chi connectivity index (χ4n) is 1.28. The quantitative estimate of drug-likeness (QED) is 0.645. The highest BCUT2D eigenvalue weighted by molar-refractivity contribution is 5.90. The van der Waals surface area contributed by atoms with Gasteiger partial charge in [0.2, 0.25) is 0 Å². The van der Waals surface area contributed by atoms with E-state index in [1.165, 1.54) is 13.3 Å². The number of ether oxygens (including phenoxy) is 1. The summed E-state index contributed by atoms with van der Waals surface area (Å²) >= 11 is 0. The fraction of sp³-hybridized carbons (Fsp3) is 0.100. The van der Waals surface area contributed by atoms with Gasteiger partial charge in [0.15, 0.2) is 0 Å². The maximum atomic E-state index is 11.2. The predicted molar refractivity (Wildman–Crippen MR) is 51.2 cm³/mol. The van der Waals surface area contributed by atoms with Crippen LogP contribution in [-0.4, -0.2) is 22.5 Å². The van der Waals surface area contributed by atoms with E-state index in [-0.39, 0.29) is 0 Å². The Morgan fingerprint density at radius 1 is 1.60 bits per heavy atom. The number of carbonyl (C=O) groups excluding carboxylic acids is 1. The molecule has 2 heterocycles. The number of methoxy groups -OCH3 is 1. The molecule has 74 valence electrons. The van der Waals surface area contributed by atoms with Gasteiger partial charge in [-0.2, -0.15) is 5.26 Å². The molecule has 0 aliphatic carbocycles. The molecule has 0 N–H and O–H groups in total. The summed E-state index contributed by atoms with van der Waals surface area (Å²) in [6.07, 6.45) is 4.64. The van der Waals surface area contributed by atoms with E-state index in [9.17, 15) is 4.79 Å². The predicted octanol–water partition coefficient (Wildman–Crippen LogP) is 0.993. The average molecular weight is 201 g/mol. The lowest BCUT2D eigenvalue weighted by atomic mass is 10.3. The van der Waals surface area contributed by atoms with Crippen molar-refractivity contribution in [3.8, 4) is 6.07 Å². The standard InChI is InChI=1S/C10H7N3O2/c1-15-10(14)8-2-9-12-4-7(3-11)5-13(9)6-8/h2,4-6H,1H3. The molecule has 15 heavy (non-hydrogen) atoms. The van der Waals surface area contributed by atoms with Crippen LogP contribution in [0.5, 0.6) is 0 Å². The van der Waals surface area contributed by atoms with Crippen LogP contribution >= 0.6 is 0 Å². The largest absolute Gasteiger partial charge is 0.465 e. The molecule has 5 nitrogen and oxygen atoms in total. The van der Waals surface area contributed by atoms with Gasteiger partial charge < -0.3 is 9.14 Å². The molecule has 0 aliphatic rings. The van der Waals surface area contributed by atoms with E-state index in [4.69, 9.17) is 5.26 Å². The van der Waals surface area contributed by atoms with Gasteiger partial charge in [-0.1, -0.05) is 0 Å². The molecule has 0 aromatic carbocycles. The van der Waals surface area contributed by atoms with Crippen molar-refractivity contribution in [3.63, 3.8) is 0 Å². The molecule has 2 aromatic rings. The number of rotatable bonds is 1. The zero-order valence-corrected chi connectivity index (χ0v) is 7.97. The number of hydrogen-bond acceptors (Lipinski definition) is 4.